The maximum Gasteiger partial charge on any atom is 0.0361 e. The van der Waals surface area contributed by atoms with E-state index in [0.717, 1.165) is 6.42 Å². The van der Waals surface area contributed by atoms with E-state index in [1.807, 2.05) is 0 Å². The first-order valence-corrected chi connectivity index (χ1v) is 8.88. The molecule has 0 spiro atoms. The summed E-state index contributed by atoms with van der Waals surface area (Å²) >= 11 is 0. The molecule has 0 fully saturated rings. The van der Waals surface area contributed by atoms with Crippen molar-refractivity contribution in [1.29, 1.82) is 0 Å². The summed E-state index contributed by atoms with van der Waals surface area (Å²) in [7, 11) is 4.13. The third-order valence-electron chi connectivity index (χ3n) is 4.86. The summed E-state index contributed by atoms with van der Waals surface area (Å²) in [5.41, 5.74) is 10.8. The smallest absolute Gasteiger partial charge is 0.0361 e. The summed E-state index contributed by atoms with van der Waals surface area (Å²) in [6.07, 6.45) is 14.5. The number of rotatable bonds is 3. The van der Waals surface area contributed by atoms with Crippen LogP contribution in [0.25, 0.3) is 6.08 Å². The summed E-state index contributed by atoms with van der Waals surface area (Å²) in [6, 6.07) is 8.64. The lowest BCUT2D eigenvalue weighted by Crippen LogP contribution is -2.07. The van der Waals surface area contributed by atoms with E-state index in [1.165, 1.54) is 44.7 Å². The third-order valence-corrected chi connectivity index (χ3v) is 4.86. The van der Waals surface area contributed by atoms with Crippen LogP contribution in [-0.4, -0.2) is 14.1 Å². The number of hydrogen-bond donors (Lipinski definition) is 0. The molecule has 0 aromatic heterocycles. The van der Waals surface area contributed by atoms with E-state index in [0.29, 0.717) is 0 Å². The number of anilines is 1. The van der Waals surface area contributed by atoms with E-state index < -0.39 is 0 Å². The topological polar surface area (TPSA) is 3.24 Å². The van der Waals surface area contributed by atoms with Crippen LogP contribution < -0.4 is 4.90 Å². The molecule has 2 aliphatic carbocycles. The molecule has 1 aromatic rings. The van der Waals surface area contributed by atoms with Crippen molar-refractivity contribution in [2.75, 3.05) is 19.0 Å². The van der Waals surface area contributed by atoms with E-state index >= 15 is 0 Å². The van der Waals surface area contributed by atoms with Crippen molar-refractivity contribution in [3.05, 3.63) is 93.6 Å². The van der Waals surface area contributed by atoms with Crippen molar-refractivity contribution in [2.45, 2.75) is 27.2 Å². The fourth-order valence-corrected chi connectivity index (χ4v) is 3.43. The van der Waals surface area contributed by atoms with Crippen LogP contribution in [0.2, 0.25) is 0 Å². The van der Waals surface area contributed by atoms with Crippen LogP contribution in [0.1, 0.15) is 32.8 Å². The molecular weight excluding hydrogens is 302 g/mol. The normalized spacial score (nSPS) is 18.9. The molecule has 2 aliphatic rings. The number of nitrogens with zero attached hydrogens (tertiary/aromatic N) is 1. The first kappa shape index (κ1) is 17.3. The van der Waals surface area contributed by atoms with E-state index in [-0.39, 0.29) is 0 Å². The summed E-state index contributed by atoms with van der Waals surface area (Å²) in [6.45, 7) is 6.64. The van der Waals surface area contributed by atoms with E-state index in [2.05, 4.69) is 100 Å². The van der Waals surface area contributed by atoms with Crippen LogP contribution in [0.3, 0.4) is 0 Å². The van der Waals surface area contributed by atoms with Gasteiger partial charge in [0.15, 0.2) is 0 Å². The molecule has 0 aliphatic heterocycles. The van der Waals surface area contributed by atoms with Gasteiger partial charge in [-0.15, -0.1) is 0 Å². The predicted molar refractivity (Wildman–Crippen MR) is 111 cm³/mol. The second-order valence-corrected chi connectivity index (χ2v) is 7.19. The van der Waals surface area contributed by atoms with Crippen LogP contribution in [0.15, 0.2) is 88.1 Å². The minimum absolute atomic E-state index is 1.05. The molecule has 128 valence electrons. The second kappa shape index (κ2) is 7.14. The zero-order valence-corrected chi connectivity index (χ0v) is 15.9. The molecule has 0 bridgehead atoms. The van der Waals surface area contributed by atoms with Crippen LogP contribution in [-0.2, 0) is 0 Å². The lowest BCUT2D eigenvalue weighted by Gasteiger charge is -2.11. The number of hydrogen-bond acceptors (Lipinski definition) is 1. The molecule has 0 heterocycles. The Morgan fingerprint density at radius 1 is 0.960 bits per heavy atom. The van der Waals surface area contributed by atoms with Crippen LogP contribution in [0.5, 0.6) is 0 Å². The van der Waals surface area contributed by atoms with Crippen LogP contribution >= 0.6 is 0 Å². The van der Waals surface area contributed by atoms with Crippen LogP contribution in [0.4, 0.5) is 5.69 Å². The minimum Gasteiger partial charge on any atom is -0.378 e. The zero-order chi connectivity index (χ0) is 18.0. The molecule has 0 saturated heterocycles. The van der Waals surface area contributed by atoms with Crippen molar-refractivity contribution in [2.24, 2.45) is 0 Å². The summed E-state index contributed by atoms with van der Waals surface area (Å²) in [4.78, 5) is 2.12. The highest BCUT2D eigenvalue weighted by molar-refractivity contribution is 5.67. The highest BCUT2D eigenvalue weighted by atomic mass is 15.1. The van der Waals surface area contributed by atoms with E-state index in [9.17, 15) is 0 Å². The largest absolute Gasteiger partial charge is 0.378 e. The van der Waals surface area contributed by atoms with Gasteiger partial charge in [-0.25, -0.2) is 0 Å². The van der Waals surface area contributed by atoms with Gasteiger partial charge in [0.2, 0.25) is 0 Å². The molecule has 0 N–H and O–H groups in total. The van der Waals surface area contributed by atoms with Crippen molar-refractivity contribution in [3.8, 4) is 0 Å². The van der Waals surface area contributed by atoms with E-state index in [1.54, 1.807) is 0 Å². The van der Waals surface area contributed by atoms with Gasteiger partial charge in [0.1, 0.15) is 0 Å². The molecule has 1 nitrogen and oxygen atoms in total. The average molecular weight is 329 g/mol. The SMILES string of the molecule is CC1=CC2=C(C)C/C(=C\C=C\c3ccc(N(C)C)cc3)C2=C(C)C=C1. The predicted octanol–water partition coefficient (Wildman–Crippen LogP) is 6.25. The standard InChI is InChI=1S/C24H27N/c1-17-9-10-18(2)24-21(16-19(3)23(24)15-17)8-6-7-20-11-13-22(14-12-20)25(4)5/h6-15H,16H2,1-5H3/b7-6+,21-8+. The van der Waals surface area contributed by atoms with Gasteiger partial charge in [-0.05, 0) is 67.2 Å². The molecule has 0 amide bonds. The molecule has 1 aromatic carbocycles. The first-order chi connectivity index (χ1) is 12.0. The molecule has 0 radical (unpaired) electrons. The molecule has 25 heavy (non-hydrogen) atoms. The fraction of sp³-hybridized carbons (Fsp3) is 0.250. The Morgan fingerprint density at radius 3 is 2.36 bits per heavy atom. The fourth-order valence-electron chi connectivity index (χ4n) is 3.43. The minimum atomic E-state index is 1.05. The van der Waals surface area contributed by atoms with Crippen molar-refractivity contribution in [3.63, 3.8) is 0 Å². The molecule has 0 unspecified atom stereocenters. The number of fused-ring (bicyclic) bond motifs is 1. The summed E-state index contributed by atoms with van der Waals surface area (Å²) in [5.74, 6) is 0. The van der Waals surface area contributed by atoms with Gasteiger partial charge in [-0.2, -0.15) is 0 Å². The van der Waals surface area contributed by atoms with Gasteiger partial charge in [0.05, 0.1) is 0 Å². The quantitative estimate of drug-likeness (QED) is 0.634. The van der Waals surface area contributed by atoms with Crippen molar-refractivity contribution in [1.82, 2.24) is 0 Å². The Labute approximate surface area is 152 Å². The summed E-state index contributed by atoms with van der Waals surface area (Å²) in [5, 5.41) is 0. The Hall–Kier alpha value is -2.54. The lowest BCUT2D eigenvalue weighted by atomic mass is 9.98. The molecule has 1 heteroatoms. The van der Waals surface area contributed by atoms with Gasteiger partial charge in [0.25, 0.3) is 0 Å². The van der Waals surface area contributed by atoms with Crippen molar-refractivity contribution < 1.29 is 0 Å². The molecule has 0 atom stereocenters. The van der Waals surface area contributed by atoms with Gasteiger partial charge < -0.3 is 4.90 Å². The second-order valence-electron chi connectivity index (χ2n) is 7.19. The summed E-state index contributed by atoms with van der Waals surface area (Å²) < 4.78 is 0. The first-order valence-electron chi connectivity index (χ1n) is 8.88. The third kappa shape index (κ3) is 3.76. The molecule has 0 saturated carbocycles. The lowest BCUT2D eigenvalue weighted by molar-refractivity contribution is 1.13. The monoisotopic (exact) mass is 329 g/mol. The van der Waals surface area contributed by atoms with Gasteiger partial charge in [-0.1, -0.05) is 59.7 Å². The van der Waals surface area contributed by atoms with Gasteiger partial charge in [0, 0.05) is 19.8 Å². The zero-order valence-electron chi connectivity index (χ0n) is 15.9. The maximum absolute atomic E-state index is 2.32. The van der Waals surface area contributed by atoms with Crippen LogP contribution in [0, 0.1) is 0 Å². The Bertz CT molecular complexity index is 850. The Kier molecular flexibility index (Phi) is 4.94. The average Bonchev–Trinajstić information content (AvgIpc) is 2.79. The van der Waals surface area contributed by atoms with Gasteiger partial charge in [-0.3, -0.25) is 0 Å². The number of allylic oxidation sites excluding steroid dienone is 11. The van der Waals surface area contributed by atoms with Crippen molar-refractivity contribution >= 4 is 11.8 Å². The number of benzene rings is 1. The van der Waals surface area contributed by atoms with E-state index in [4.69, 9.17) is 0 Å². The Morgan fingerprint density at radius 2 is 1.68 bits per heavy atom. The highest BCUT2D eigenvalue weighted by Crippen LogP contribution is 2.40. The highest BCUT2D eigenvalue weighted by Gasteiger charge is 2.22. The van der Waals surface area contributed by atoms with Gasteiger partial charge >= 0.3 is 0 Å². The maximum atomic E-state index is 2.32. The molecular formula is C24H27N. The molecule has 3 rings (SSSR count). The Balaban J connectivity index is 1.84.